The number of guanidine groups is 1. The number of nitrogens with zero attached hydrogens (tertiary/aromatic N) is 2. The smallest absolute Gasteiger partial charge is 0.189 e. The molecule has 1 unspecified atom stereocenters. The number of nitrogens with one attached hydrogen (secondary N) is 1. The Labute approximate surface area is 133 Å². The van der Waals surface area contributed by atoms with E-state index in [9.17, 15) is 0 Å². The molecular formula is C17H28N4O. The number of likely N-dealkylation sites (tertiary alicyclic amines) is 1. The van der Waals surface area contributed by atoms with Crippen LogP contribution in [0.5, 0.6) is 0 Å². The minimum absolute atomic E-state index is 0.164. The zero-order chi connectivity index (χ0) is 15.8. The van der Waals surface area contributed by atoms with E-state index in [0.29, 0.717) is 19.1 Å². The molecule has 1 aliphatic rings. The summed E-state index contributed by atoms with van der Waals surface area (Å²) in [5.74, 6) is 0.464. The second-order valence-corrected chi connectivity index (χ2v) is 6.00. The van der Waals surface area contributed by atoms with Crippen LogP contribution in [0.1, 0.15) is 30.9 Å². The zero-order valence-electron chi connectivity index (χ0n) is 13.7. The van der Waals surface area contributed by atoms with E-state index in [0.717, 1.165) is 6.54 Å². The molecule has 0 saturated carbocycles. The third-order valence-corrected chi connectivity index (χ3v) is 3.87. The van der Waals surface area contributed by atoms with Gasteiger partial charge in [-0.2, -0.15) is 0 Å². The van der Waals surface area contributed by atoms with Crippen LogP contribution in [-0.4, -0.2) is 43.7 Å². The van der Waals surface area contributed by atoms with Crippen molar-refractivity contribution >= 4 is 5.96 Å². The highest BCUT2D eigenvalue weighted by Gasteiger charge is 2.11. The number of benzene rings is 1. The summed E-state index contributed by atoms with van der Waals surface area (Å²) in [5, 5.41) is 3.11. The van der Waals surface area contributed by atoms with E-state index in [1.54, 1.807) is 7.11 Å². The largest absolute Gasteiger partial charge is 0.383 e. The van der Waals surface area contributed by atoms with Gasteiger partial charge in [-0.05, 0) is 44.0 Å². The molecule has 0 radical (unpaired) electrons. The maximum atomic E-state index is 5.87. The molecule has 122 valence electrons. The Kier molecular flexibility index (Phi) is 6.68. The normalized spacial score (nSPS) is 17.6. The Bertz CT molecular complexity index is 466. The lowest BCUT2D eigenvalue weighted by atomic mass is 10.1. The van der Waals surface area contributed by atoms with Gasteiger partial charge in [-0.3, -0.25) is 4.90 Å². The van der Waals surface area contributed by atoms with Crippen molar-refractivity contribution in [2.24, 2.45) is 10.7 Å². The van der Waals surface area contributed by atoms with Crippen molar-refractivity contribution in [1.29, 1.82) is 0 Å². The predicted octanol–water partition coefficient (Wildman–Crippen LogP) is 1.72. The lowest BCUT2D eigenvalue weighted by Crippen LogP contribution is -2.40. The van der Waals surface area contributed by atoms with Gasteiger partial charge in [0, 0.05) is 19.7 Å². The van der Waals surface area contributed by atoms with Gasteiger partial charge in [0.1, 0.15) is 0 Å². The molecule has 1 saturated heterocycles. The quantitative estimate of drug-likeness (QED) is 0.595. The van der Waals surface area contributed by atoms with Gasteiger partial charge in [0.25, 0.3) is 0 Å². The molecule has 1 aromatic carbocycles. The fourth-order valence-electron chi connectivity index (χ4n) is 2.72. The van der Waals surface area contributed by atoms with Gasteiger partial charge < -0.3 is 15.8 Å². The van der Waals surface area contributed by atoms with Crippen LogP contribution in [0, 0.1) is 0 Å². The number of aliphatic imine (C=N–C) groups is 1. The Morgan fingerprint density at radius 1 is 1.27 bits per heavy atom. The SMILES string of the molecule is COCC(C)NC(N)=NCc1ccc(CN2CCCC2)cc1. The summed E-state index contributed by atoms with van der Waals surface area (Å²) < 4.78 is 5.06. The van der Waals surface area contributed by atoms with Crippen molar-refractivity contribution in [3.8, 4) is 0 Å². The lowest BCUT2D eigenvalue weighted by molar-refractivity contribution is 0.179. The highest BCUT2D eigenvalue weighted by atomic mass is 16.5. The first-order valence-corrected chi connectivity index (χ1v) is 8.03. The predicted molar refractivity (Wildman–Crippen MR) is 90.8 cm³/mol. The summed E-state index contributed by atoms with van der Waals surface area (Å²) in [4.78, 5) is 6.87. The van der Waals surface area contributed by atoms with Crippen molar-refractivity contribution in [2.75, 3.05) is 26.8 Å². The summed E-state index contributed by atoms with van der Waals surface area (Å²) in [7, 11) is 1.68. The monoisotopic (exact) mass is 304 g/mol. The molecule has 0 amide bonds. The molecule has 5 nitrogen and oxygen atoms in total. The van der Waals surface area contributed by atoms with Gasteiger partial charge in [-0.25, -0.2) is 4.99 Å². The highest BCUT2D eigenvalue weighted by molar-refractivity contribution is 5.78. The van der Waals surface area contributed by atoms with Crippen LogP contribution in [0.4, 0.5) is 0 Å². The maximum absolute atomic E-state index is 5.87. The first kappa shape index (κ1) is 16.8. The number of hydrogen-bond acceptors (Lipinski definition) is 3. The van der Waals surface area contributed by atoms with Crippen molar-refractivity contribution in [1.82, 2.24) is 10.2 Å². The molecule has 22 heavy (non-hydrogen) atoms. The van der Waals surface area contributed by atoms with E-state index in [1.807, 2.05) is 6.92 Å². The van der Waals surface area contributed by atoms with Gasteiger partial charge in [0.15, 0.2) is 5.96 Å². The fraction of sp³-hybridized carbons (Fsp3) is 0.588. The van der Waals surface area contributed by atoms with E-state index in [4.69, 9.17) is 10.5 Å². The zero-order valence-corrected chi connectivity index (χ0v) is 13.7. The van der Waals surface area contributed by atoms with E-state index in [2.05, 4.69) is 39.5 Å². The third-order valence-electron chi connectivity index (χ3n) is 3.87. The average molecular weight is 304 g/mol. The number of hydrogen-bond donors (Lipinski definition) is 2. The Balaban J connectivity index is 1.80. The Hall–Kier alpha value is -1.59. The summed E-state index contributed by atoms with van der Waals surface area (Å²) in [6, 6.07) is 8.83. The number of ether oxygens (including phenoxy) is 1. The van der Waals surface area contributed by atoms with E-state index >= 15 is 0 Å². The van der Waals surface area contributed by atoms with Crippen LogP contribution in [0.3, 0.4) is 0 Å². The second-order valence-electron chi connectivity index (χ2n) is 6.00. The summed E-state index contributed by atoms with van der Waals surface area (Å²) >= 11 is 0. The van der Waals surface area contributed by atoms with Crippen LogP contribution in [0.2, 0.25) is 0 Å². The highest BCUT2D eigenvalue weighted by Crippen LogP contribution is 2.13. The lowest BCUT2D eigenvalue weighted by Gasteiger charge is -2.14. The fourth-order valence-corrected chi connectivity index (χ4v) is 2.72. The van der Waals surface area contributed by atoms with Crippen LogP contribution < -0.4 is 11.1 Å². The minimum Gasteiger partial charge on any atom is -0.383 e. The van der Waals surface area contributed by atoms with Crippen molar-refractivity contribution in [3.63, 3.8) is 0 Å². The van der Waals surface area contributed by atoms with Crippen molar-refractivity contribution in [2.45, 2.75) is 38.9 Å². The van der Waals surface area contributed by atoms with Gasteiger partial charge >= 0.3 is 0 Å². The molecule has 0 spiro atoms. The molecular weight excluding hydrogens is 276 g/mol. The molecule has 1 aromatic rings. The van der Waals surface area contributed by atoms with E-state index in [1.165, 1.54) is 37.1 Å². The second kappa shape index (κ2) is 8.76. The van der Waals surface area contributed by atoms with Crippen LogP contribution in [0.25, 0.3) is 0 Å². The van der Waals surface area contributed by atoms with Gasteiger partial charge in [0.2, 0.25) is 0 Å². The standard InChI is InChI=1S/C17H28N4O/c1-14(13-22-2)20-17(18)19-11-15-5-7-16(8-6-15)12-21-9-3-4-10-21/h5-8,14H,3-4,9-13H2,1-2H3,(H3,18,19,20). The summed E-state index contributed by atoms with van der Waals surface area (Å²) in [6.45, 7) is 6.74. The minimum atomic E-state index is 0.164. The summed E-state index contributed by atoms with van der Waals surface area (Å²) in [6.07, 6.45) is 2.67. The third kappa shape index (κ3) is 5.66. The average Bonchev–Trinajstić information content (AvgIpc) is 3.00. The topological polar surface area (TPSA) is 62.9 Å². The molecule has 1 atom stereocenters. The first-order valence-electron chi connectivity index (χ1n) is 8.03. The Morgan fingerprint density at radius 3 is 2.55 bits per heavy atom. The number of rotatable bonds is 7. The Morgan fingerprint density at radius 2 is 1.91 bits per heavy atom. The molecule has 1 fully saturated rings. The van der Waals surface area contributed by atoms with Crippen LogP contribution >= 0.6 is 0 Å². The van der Waals surface area contributed by atoms with Gasteiger partial charge in [0.05, 0.1) is 13.2 Å². The van der Waals surface area contributed by atoms with Crippen molar-refractivity contribution in [3.05, 3.63) is 35.4 Å². The van der Waals surface area contributed by atoms with Gasteiger partial charge in [-0.1, -0.05) is 24.3 Å². The molecule has 5 heteroatoms. The molecule has 0 aromatic heterocycles. The number of methoxy groups -OCH3 is 1. The maximum Gasteiger partial charge on any atom is 0.189 e. The summed E-state index contributed by atoms with van der Waals surface area (Å²) in [5.41, 5.74) is 8.41. The molecule has 3 N–H and O–H groups in total. The molecule has 1 aliphatic heterocycles. The molecule has 2 rings (SSSR count). The molecule has 0 aliphatic carbocycles. The van der Waals surface area contributed by atoms with Crippen LogP contribution in [0.15, 0.2) is 29.3 Å². The van der Waals surface area contributed by atoms with E-state index in [-0.39, 0.29) is 6.04 Å². The van der Waals surface area contributed by atoms with E-state index < -0.39 is 0 Å². The molecule has 0 bridgehead atoms. The first-order chi connectivity index (χ1) is 10.7. The van der Waals surface area contributed by atoms with Crippen molar-refractivity contribution < 1.29 is 4.74 Å². The van der Waals surface area contributed by atoms with Crippen LogP contribution in [-0.2, 0) is 17.8 Å². The molecule has 1 heterocycles. The van der Waals surface area contributed by atoms with Gasteiger partial charge in [-0.15, -0.1) is 0 Å². The number of nitrogens with two attached hydrogens (primary N) is 1.